The van der Waals surface area contributed by atoms with E-state index in [0.29, 0.717) is 0 Å². The van der Waals surface area contributed by atoms with Crippen molar-refractivity contribution < 1.29 is 22.9 Å². The van der Waals surface area contributed by atoms with Crippen LogP contribution in [0.25, 0.3) is 0 Å². The third-order valence-electron chi connectivity index (χ3n) is 3.76. The van der Waals surface area contributed by atoms with Gasteiger partial charge in [0.2, 0.25) is 5.88 Å². The van der Waals surface area contributed by atoms with E-state index in [4.69, 9.17) is 16.0 Å². The Bertz CT molecular complexity index is 1120. The predicted octanol–water partition coefficient (Wildman–Crippen LogP) is 1.23. The fourth-order valence-electron chi connectivity index (χ4n) is 2.45. The number of amides is 1. The number of primary amides is 1. The lowest BCUT2D eigenvalue weighted by molar-refractivity contribution is 0.0995. The summed E-state index contributed by atoms with van der Waals surface area (Å²) in [5, 5.41) is 17.7. The lowest BCUT2D eigenvalue weighted by Gasteiger charge is -2.12. The van der Waals surface area contributed by atoms with Gasteiger partial charge in [0.05, 0.1) is 11.4 Å². The monoisotopic (exact) mass is 395 g/mol. The molecule has 1 amide bonds. The summed E-state index contributed by atoms with van der Waals surface area (Å²) in [5.41, 5.74) is 9.53. The number of nitrogens with zero attached hydrogens (tertiary/aromatic N) is 3. The molecule has 0 aliphatic rings. The number of nitrogens with two attached hydrogens (primary N) is 2. The summed E-state index contributed by atoms with van der Waals surface area (Å²) in [6.07, 6.45) is 0. The molecule has 1 aromatic heterocycles. The Morgan fingerprint density at radius 1 is 1.30 bits per heavy atom. The fraction of sp³-hybridized carbons (Fsp3) is 0.200. The van der Waals surface area contributed by atoms with Gasteiger partial charge < -0.3 is 16.6 Å². The number of nitrogen functional groups attached to an aromatic ring is 1. The first-order valence-electron chi connectivity index (χ1n) is 7.54. The van der Waals surface area contributed by atoms with Gasteiger partial charge in [-0.2, -0.15) is 13.5 Å². The number of rotatable bonds is 5. The minimum atomic E-state index is -4.49. The van der Waals surface area contributed by atoms with Gasteiger partial charge in [-0.3, -0.25) is 18.7 Å². The van der Waals surface area contributed by atoms with Crippen LogP contribution in [0.4, 0.5) is 17.1 Å². The number of azo groups is 1. The van der Waals surface area contributed by atoms with Gasteiger partial charge in [0.1, 0.15) is 10.5 Å². The number of aromatic hydroxyl groups is 1. The molecule has 0 spiro atoms. The van der Waals surface area contributed by atoms with Gasteiger partial charge in [-0.15, -0.1) is 5.11 Å². The van der Waals surface area contributed by atoms with Gasteiger partial charge in [0.25, 0.3) is 21.6 Å². The average Bonchev–Trinajstić information content (AvgIpc) is 2.53. The molecule has 0 bridgehead atoms. The van der Waals surface area contributed by atoms with Crippen LogP contribution in [-0.4, -0.2) is 28.6 Å². The number of benzene rings is 1. The Labute approximate surface area is 153 Å². The molecule has 0 saturated carbocycles. The predicted molar refractivity (Wildman–Crippen MR) is 96.1 cm³/mol. The van der Waals surface area contributed by atoms with Crippen molar-refractivity contribution in [3.8, 4) is 5.88 Å². The molecule has 0 aliphatic carbocycles. The van der Waals surface area contributed by atoms with Crippen LogP contribution in [0.1, 0.15) is 22.8 Å². The molecule has 11 nitrogen and oxygen atoms in total. The summed E-state index contributed by atoms with van der Waals surface area (Å²) in [7, 11) is -4.49. The molecule has 0 fully saturated rings. The summed E-state index contributed by atoms with van der Waals surface area (Å²) in [6, 6.07) is 3.38. The highest BCUT2D eigenvalue weighted by Crippen LogP contribution is 2.28. The van der Waals surface area contributed by atoms with Crippen LogP contribution in [0.2, 0.25) is 0 Å². The third kappa shape index (κ3) is 3.80. The highest BCUT2D eigenvalue weighted by Gasteiger charge is 2.22. The molecule has 2 aromatic rings. The first kappa shape index (κ1) is 20.1. The summed E-state index contributed by atoms with van der Waals surface area (Å²) < 4.78 is 32.2. The minimum Gasteiger partial charge on any atom is -0.494 e. The largest absolute Gasteiger partial charge is 0.494 e. The highest BCUT2D eigenvalue weighted by molar-refractivity contribution is 7.86. The van der Waals surface area contributed by atoms with Crippen molar-refractivity contribution in [2.45, 2.75) is 25.3 Å². The molecule has 0 saturated heterocycles. The fourth-order valence-corrected chi connectivity index (χ4v) is 3.05. The maximum atomic E-state index is 12.5. The summed E-state index contributed by atoms with van der Waals surface area (Å²) in [5.74, 6) is -1.50. The summed E-state index contributed by atoms with van der Waals surface area (Å²) in [6.45, 7) is 3.02. The van der Waals surface area contributed by atoms with Crippen molar-refractivity contribution >= 4 is 33.1 Å². The molecule has 144 valence electrons. The van der Waals surface area contributed by atoms with E-state index in [1.165, 1.54) is 13.0 Å². The van der Waals surface area contributed by atoms with Crippen molar-refractivity contribution in [1.29, 1.82) is 0 Å². The van der Waals surface area contributed by atoms with E-state index in [2.05, 4.69) is 10.2 Å². The number of aromatic nitrogens is 1. The molecule has 0 radical (unpaired) electrons. The van der Waals surface area contributed by atoms with Crippen LogP contribution in [0.3, 0.4) is 0 Å². The quantitative estimate of drug-likeness (QED) is 0.332. The zero-order valence-electron chi connectivity index (χ0n) is 14.4. The Kier molecular flexibility index (Phi) is 5.33. The first-order chi connectivity index (χ1) is 12.5. The average molecular weight is 395 g/mol. The molecular formula is C15H17N5O6S. The molecule has 6 N–H and O–H groups in total. The number of anilines is 1. The molecule has 1 heterocycles. The Morgan fingerprint density at radius 3 is 2.41 bits per heavy atom. The summed E-state index contributed by atoms with van der Waals surface area (Å²) in [4.78, 5) is 23.6. The van der Waals surface area contributed by atoms with Crippen molar-refractivity contribution in [1.82, 2.24) is 4.57 Å². The maximum Gasteiger partial charge on any atom is 0.296 e. The van der Waals surface area contributed by atoms with Gasteiger partial charge >= 0.3 is 0 Å². The number of pyridine rings is 1. The smallest absolute Gasteiger partial charge is 0.296 e. The molecule has 12 heteroatoms. The van der Waals surface area contributed by atoms with Gasteiger partial charge in [0.15, 0.2) is 5.69 Å². The van der Waals surface area contributed by atoms with E-state index in [0.717, 1.165) is 16.7 Å². The second kappa shape index (κ2) is 7.17. The van der Waals surface area contributed by atoms with Crippen molar-refractivity contribution in [3.63, 3.8) is 0 Å². The maximum absolute atomic E-state index is 12.5. The van der Waals surface area contributed by atoms with E-state index in [1.54, 1.807) is 6.92 Å². The standard InChI is InChI=1S/C15H17N5O6S/c1-3-20-14(22)11(13(17)21)7(2)12(15(20)23)19-18-8-4-5-10(9(16)6-8)27(24,25)26/h4-6,22H,3,16H2,1-2H3,(H2,17,21)(H,24,25,26). The van der Waals surface area contributed by atoms with Gasteiger partial charge in [-0.25, -0.2) is 0 Å². The van der Waals surface area contributed by atoms with Gasteiger partial charge in [-0.05, 0) is 32.0 Å². The Morgan fingerprint density at radius 2 is 1.93 bits per heavy atom. The molecule has 0 atom stereocenters. The van der Waals surface area contributed by atoms with Crippen LogP contribution >= 0.6 is 0 Å². The number of hydrogen-bond donors (Lipinski definition) is 4. The molecule has 2 rings (SSSR count). The summed E-state index contributed by atoms with van der Waals surface area (Å²) >= 11 is 0. The van der Waals surface area contributed by atoms with Crippen LogP contribution in [0, 0.1) is 6.92 Å². The van der Waals surface area contributed by atoms with E-state index in [1.807, 2.05) is 0 Å². The lowest BCUT2D eigenvalue weighted by atomic mass is 10.1. The zero-order chi connectivity index (χ0) is 20.5. The van der Waals surface area contributed by atoms with Crippen LogP contribution in [-0.2, 0) is 16.7 Å². The second-order valence-electron chi connectivity index (χ2n) is 5.48. The number of carbonyl (C=O) groups is 1. The van der Waals surface area contributed by atoms with Crippen LogP contribution < -0.4 is 17.0 Å². The molecule has 27 heavy (non-hydrogen) atoms. The topological polar surface area (TPSA) is 190 Å². The van der Waals surface area contributed by atoms with Crippen molar-refractivity contribution in [2.24, 2.45) is 16.0 Å². The van der Waals surface area contributed by atoms with Gasteiger partial charge in [-0.1, -0.05) is 0 Å². The molecular weight excluding hydrogens is 378 g/mol. The third-order valence-corrected chi connectivity index (χ3v) is 4.68. The first-order valence-corrected chi connectivity index (χ1v) is 8.98. The van der Waals surface area contributed by atoms with E-state index in [9.17, 15) is 23.1 Å². The Hall–Kier alpha value is -3.25. The molecule has 1 aromatic carbocycles. The lowest BCUT2D eigenvalue weighted by Crippen LogP contribution is -2.25. The van der Waals surface area contributed by atoms with E-state index >= 15 is 0 Å². The molecule has 0 aliphatic heterocycles. The minimum absolute atomic E-state index is 0.0426. The van der Waals surface area contributed by atoms with Crippen LogP contribution in [0.5, 0.6) is 5.88 Å². The van der Waals surface area contributed by atoms with Gasteiger partial charge in [0, 0.05) is 12.1 Å². The zero-order valence-corrected chi connectivity index (χ0v) is 15.2. The second-order valence-corrected chi connectivity index (χ2v) is 6.87. The van der Waals surface area contributed by atoms with Crippen molar-refractivity contribution in [3.05, 3.63) is 39.7 Å². The SMILES string of the molecule is CCn1c(O)c(C(N)=O)c(C)c(N=Nc2ccc(S(=O)(=O)O)c(N)c2)c1=O. The Balaban J connectivity index is 2.61. The van der Waals surface area contributed by atoms with Crippen LogP contribution in [0.15, 0.2) is 38.1 Å². The number of hydrogen-bond acceptors (Lipinski definition) is 8. The van der Waals surface area contributed by atoms with E-state index < -0.39 is 32.4 Å². The molecule has 0 unspecified atom stereocenters. The highest BCUT2D eigenvalue weighted by atomic mass is 32.2. The van der Waals surface area contributed by atoms with E-state index in [-0.39, 0.29) is 34.7 Å². The van der Waals surface area contributed by atoms with Crippen molar-refractivity contribution in [2.75, 3.05) is 5.73 Å². The number of carbonyl (C=O) groups excluding carboxylic acids is 1. The normalized spacial score (nSPS) is 11.8.